The van der Waals surface area contributed by atoms with Crippen LogP contribution in [0.15, 0.2) is 72.8 Å². The molecule has 0 aromatic heterocycles. The van der Waals surface area contributed by atoms with Crippen molar-refractivity contribution in [1.82, 2.24) is 24.9 Å². The van der Waals surface area contributed by atoms with E-state index in [9.17, 15) is 9.59 Å². The van der Waals surface area contributed by atoms with Gasteiger partial charge in [-0.15, -0.1) is 0 Å². The van der Waals surface area contributed by atoms with E-state index < -0.39 is 0 Å². The van der Waals surface area contributed by atoms with Gasteiger partial charge in [0.15, 0.2) is 0 Å². The Labute approximate surface area is 281 Å². The Kier molecular flexibility index (Phi) is 12.8. The molecule has 0 radical (unpaired) electrons. The Hall–Kier alpha value is -3.72. The van der Waals surface area contributed by atoms with E-state index in [1.54, 1.807) is 0 Å². The normalized spacial score (nSPS) is 16.4. The molecule has 0 aliphatic carbocycles. The van der Waals surface area contributed by atoms with Crippen molar-refractivity contribution >= 4 is 11.8 Å². The van der Waals surface area contributed by atoms with Crippen molar-refractivity contribution < 1.29 is 14.3 Å². The molecule has 8 heteroatoms. The quantitative estimate of drug-likeness (QED) is 0.255. The number of piperazine rings is 1. The van der Waals surface area contributed by atoms with E-state index in [0.29, 0.717) is 18.0 Å². The van der Waals surface area contributed by atoms with Crippen LogP contribution in [-0.2, 0) is 24.3 Å². The number of carbonyl (C=O) groups excluding carboxylic acids is 2. The topological polar surface area (TPSA) is 68.4 Å². The third kappa shape index (κ3) is 10.9. The van der Waals surface area contributed by atoms with Crippen LogP contribution in [0.5, 0.6) is 5.75 Å². The van der Waals surface area contributed by atoms with Crippen LogP contribution in [0.4, 0.5) is 0 Å². The van der Waals surface area contributed by atoms with Crippen molar-refractivity contribution in [2.24, 2.45) is 5.92 Å². The average Bonchev–Trinajstić information content (AvgIpc) is 3.09. The number of nitrogens with zero attached hydrogens (tertiary/aromatic N) is 4. The number of amides is 2. The number of likely N-dealkylation sites (tertiary alicyclic amines) is 1. The second-order valence-electron chi connectivity index (χ2n) is 13.5. The fraction of sp³-hybridized carbons (Fsp3) is 0.487. The average molecular weight is 640 g/mol. The van der Waals surface area contributed by atoms with Crippen LogP contribution >= 0.6 is 0 Å². The van der Waals surface area contributed by atoms with Gasteiger partial charge >= 0.3 is 0 Å². The van der Waals surface area contributed by atoms with Gasteiger partial charge in [0.25, 0.3) is 5.91 Å². The Bertz CT molecular complexity index is 1390. The Morgan fingerprint density at radius 1 is 0.766 bits per heavy atom. The summed E-state index contributed by atoms with van der Waals surface area (Å²) in [6, 6.07) is 24.8. The number of rotatable bonds is 14. The molecule has 252 valence electrons. The predicted molar refractivity (Wildman–Crippen MR) is 189 cm³/mol. The van der Waals surface area contributed by atoms with Crippen molar-refractivity contribution in [3.05, 3.63) is 101 Å². The van der Waals surface area contributed by atoms with Gasteiger partial charge in [-0.25, -0.2) is 0 Å². The number of piperidine rings is 1. The van der Waals surface area contributed by atoms with E-state index in [0.717, 1.165) is 96.9 Å². The summed E-state index contributed by atoms with van der Waals surface area (Å²) in [5, 5.41) is 3.03. The number of aryl methyl sites for hydroxylation is 1. The first-order valence-corrected chi connectivity index (χ1v) is 17.3. The molecule has 2 amide bonds. The van der Waals surface area contributed by atoms with Crippen molar-refractivity contribution in [3.63, 3.8) is 0 Å². The first-order valence-electron chi connectivity index (χ1n) is 17.3. The molecule has 3 aromatic carbocycles. The summed E-state index contributed by atoms with van der Waals surface area (Å²) in [7, 11) is 4.16. The van der Waals surface area contributed by atoms with Gasteiger partial charge in [0.1, 0.15) is 5.75 Å². The minimum Gasteiger partial charge on any atom is -0.494 e. The second kappa shape index (κ2) is 17.4. The number of hydrogen-bond donors (Lipinski definition) is 1. The molecule has 2 saturated heterocycles. The van der Waals surface area contributed by atoms with Crippen LogP contribution in [0.3, 0.4) is 0 Å². The van der Waals surface area contributed by atoms with Crippen LogP contribution in [0, 0.1) is 12.8 Å². The zero-order chi connectivity index (χ0) is 33.0. The standard InChI is InChI=1S/C39H53N5O3/c1-31-5-7-32(8-6-31)17-20-40-38(45)35-13-9-33(10-14-35)30-43-24-26-44(27-25-43)39(46)36-18-22-42(23-19-36)29-34-11-15-37(16-12-34)47-28-4-21-41(2)3/h5-16,36H,4,17-30H2,1-3H3,(H,40,45). The van der Waals surface area contributed by atoms with Gasteiger partial charge in [0.05, 0.1) is 6.61 Å². The third-order valence-corrected chi connectivity index (χ3v) is 9.41. The lowest BCUT2D eigenvalue weighted by atomic mass is 9.94. The van der Waals surface area contributed by atoms with Gasteiger partial charge in [-0.3, -0.25) is 19.4 Å². The SMILES string of the molecule is Cc1ccc(CCNC(=O)c2ccc(CN3CCN(C(=O)C4CCN(Cc5ccc(OCCCN(C)C)cc5)CC4)CC3)cc2)cc1. The zero-order valence-corrected chi connectivity index (χ0v) is 28.6. The molecular formula is C39H53N5O3. The van der Waals surface area contributed by atoms with Crippen LogP contribution in [-0.4, -0.2) is 104 Å². The Balaban J connectivity index is 0.966. The van der Waals surface area contributed by atoms with Gasteiger partial charge in [-0.05, 0) is 101 Å². The van der Waals surface area contributed by atoms with Gasteiger partial charge in [-0.2, -0.15) is 0 Å². The largest absolute Gasteiger partial charge is 0.494 e. The molecule has 0 atom stereocenters. The molecule has 2 aliphatic rings. The summed E-state index contributed by atoms with van der Waals surface area (Å²) in [5.74, 6) is 1.36. The maximum Gasteiger partial charge on any atom is 0.251 e. The predicted octanol–water partition coefficient (Wildman–Crippen LogP) is 4.85. The van der Waals surface area contributed by atoms with E-state index >= 15 is 0 Å². The molecule has 2 fully saturated rings. The van der Waals surface area contributed by atoms with Gasteiger partial charge in [-0.1, -0.05) is 54.1 Å². The lowest BCUT2D eigenvalue weighted by molar-refractivity contribution is -0.139. The van der Waals surface area contributed by atoms with E-state index in [1.165, 1.54) is 22.3 Å². The number of benzene rings is 3. The summed E-state index contributed by atoms with van der Waals surface area (Å²) in [5.41, 5.74) is 5.64. The van der Waals surface area contributed by atoms with E-state index in [1.807, 2.05) is 12.1 Å². The summed E-state index contributed by atoms with van der Waals surface area (Å²) >= 11 is 0. The second-order valence-corrected chi connectivity index (χ2v) is 13.5. The van der Waals surface area contributed by atoms with E-state index in [2.05, 4.69) is 107 Å². The molecular weight excluding hydrogens is 586 g/mol. The van der Waals surface area contributed by atoms with Crippen molar-refractivity contribution in [1.29, 1.82) is 0 Å². The lowest BCUT2D eigenvalue weighted by Gasteiger charge is -2.38. The number of ether oxygens (including phenoxy) is 1. The maximum atomic E-state index is 13.4. The van der Waals surface area contributed by atoms with Crippen molar-refractivity contribution in [2.75, 3.05) is 73.1 Å². The van der Waals surface area contributed by atoms with E-state index in [-0.39, 0.29) is 11.8 Å². The van der Waals surface area contributed by atoms with E-state index in [4.69, 9.17) is 4.74 Å². The molecule has 47 heavy (non-hydrogen) atoms. The summed E-state index contributed by atoms with van der Waals surface area (Å²) in [6.07, 6.45) is 3.70. The lowest BCUT2D eigenvalue weighted by Crippen LogP contribution is -2.51. The summed E-state index contributed by atoms with van der Waals surface area (Å²) < 4.78 is 5.87. The molecule has 8 nitrogen and oxygen atoms in total. The molecule has 1 N–H and O–H groups in total. The first-order chi connectivity index (χ1) is 22.8. The highest BCUT2D eigenvalue weighted by Gasteiger charge is 2.30. The van der Waals surface area contributed by atoms with Crippen molar-refractivity contribution in [3.8, 4) is 5.75 Å². The maximum absolute atomic E-state index is 13.4. The zero-order valence-electron chi connectivity index (χ0n) is 28.6. The van der Waals surface area contributed by atoms with Crippen LogP contribution < -0.4 is 10.1 Å². The highest BCUT2D eigenvalue weighted by Crippen LogP contribution is 2.23. The third-order valence-electron chi connectivity index (χ3n) is 9.41. The first kappa shape index (κ1) is 34.6. The van der Waals surface area contributed by atoms with Gasteiger partial charge < -0.3 is 19.9 Å². The molecule has 0 unspecified atom stereocenters. The molecule has 2 heterocycles. The van der Waals surface area contributed by atoms with Gasteiger partial charge in [0, 0.05) is 63.8 Å². The number of nitrogens with one attached hydrogen (secondary N) is 1. The highest BCUT2D eigenvalue weighted by molar-refractivity contribution is 5.94. The van der Waals surface area contributed by atoms with Crippen molar-refractivity contribution in [2.45, 2.75) is 45.7 Å². The van der Waals surface area contributed by atoms with Gasteiger partial charge in [0.2, 0.25) is 5.91 Å². The van der Waals surface area contributed by atoms with Crippen LogP contribution in [0.2, 0.25) is 0 Å². The summed E-state index contributed by atoms with van der Waals surface area (Å²) in [4.78, 5) is 35.1. The van der Waals surface area contributed by atoms with Crippen LogP contribution in [0.1, 0.15) is 51.9 Å². The smallest absolute Gasteiger partial charge is 0.251 e. The molecule has 3 aromatic rings. The fourth-order valence-electron chi connectivity index (χ4n) is 6.44. The minimum absolute atomic E-state index is 0.0347. The number of hydrogen-bond acceptors (Lipinski definition) is 6. The molecule has 2 aliphatic heterocycles. The molecule has 0 spiro atoms. The van der Waals surface area contributed by atoms with Crippen LogP contribution in [0.25, 0.3) is 0 Å². The number of carbonyl (C=O) groups is 2. The summed E-state index contributed by atoms with van der Waals surface area (Å²) in [6.45, 7) is 11.4. The Morgan fingerprint density at radius 2 is 1.34 bits per heavy atom. The molecule has 5 rings (SSSR count). The monoisotopic (exact) mass is 639 g/mol. The highest BCUT2D eigenvalue weighted by atomic mass is 16.5. The minimum atomic E-state index is -0.0347. The fourth-order valence-corrected chi connectivity index (χ4v) is 6.44. The molecule has 0 bridgehead atoms. The Morgan fingerprint density at radius 3 is 1.96 bits per heavy atom. The molecule has 0 saturated carbocycles.